The van der Waals surface area contributed by atoms with Gasteiger partial charge in [0.1, 0.15) is 0 Å². The number of hydrogen-bond donors (Lipinski definition) is 2. The molecule has 0 bridgehead atoms. The Morgan fingerprint density at radius 2 is 1.73 bits per heavy atom. The first-order chi connectivity index (χ1) is 16.0. The molecular weight excluding hydrogens is 442 g/mol. The van der Waals surface area contributed by atoms with E-state index in [0.717, 1.165) is 5.69 Å². The monoisotopic (exact) mass is 461 g/mol. The normalized spacial score (nSPS) is 10.6. The fraction of sp³-hybridized carbons (Fsp3) is 0.0800. The topological polar surface area (TPSA) is 89.4 Å². The van der Waals surface area contributed by atoms with Crippen LogP contribution in [0, 0.1) is 0 Å². The molecule has 0 fully saturated rings. The van der Waals surface area contributed by atoms with E-state index in [-0.39, 0.29) is 12.0 Å². The zero-order valence-corrected chi connectivity index (χ0v) is 18.4. The van der Waals surface area contributed by atoms with Gasteiger partial charge in [-0.15, -0.1) is 0 Å². The molecule has 0 spiro atoms. The smallest absolute Gasteiger partial charge is 0.337 e. The number of anilines is 1. The molecule has 0 atom stereocenters. The van der Waals surface area contributed by atoms with Crippen molar-refractivity contribution in [3.63, 3.8) is 0 Å². The maximum absolute atomic E-state index is 13.1. The SMILES string of the molecule is COC(=O)c1ccc(NC(=O)NCc2cn(-c3ccccc3)c3cc(Cl)ccc3c2=O)cc1. The van der Waals surface area contributed by atoms with Crippen molar-refractivity contribution in [2.75, 3.05) is 12.4 Å². The van der Waals surface area contributed by atoms with E-state index < -0.39 is 12.0 Å². The van der Waals surface area contributed by atoms with Crippen LogP contribution in [-0.4, -0.2) is 23.7 Å². The molecule has 0 radical (unpaired) electrons. The Balaban J connectivity index is 1.57. The summed E-state index contributed by atoms with van der Waals surface area (Å²) in [6, 6.07) is 20.5. The van der Waals surface area contributed by atoms with Gasteiger partial charge < -0.3 is 19.9 Å². The molecule has 33 heavy (non-hydrogen) atoms. The van der Waals surface area contributed by atoms with Crippen LogP contribution >= 0.6 is 11.6 Å². The Kier molecular flexibility index (Phi) is 6.42. The van der Waals surface area contributed by atoms with Gasteiger partial charge in [-0.2, -0.15) is 0 Å². The van der Waals surface area contributed by atoms with E-state index in [4.69, 9.17) is 11.6 Å². The number of benzene rings is 3. The minimum absolute atomic E-state index is 0.0241. The summed E-state index contributed by atoms with van der Waals surface area (Å²) >= 11 is 6.18. The first kappa shape index (κ1) is 22.1. The molecule has 2 N–H and O–H groups in total. The summed E-state index contributed by atoms with van der Waals surface area (Å²) in [7, 11) is 1.30. The number of amides is 2. The van der Waals surface area contributed by atoms with Crippen molar-refractivity contribution in [1.82, 2.24) is 9.88 Å². The lowest BCUT2D eigenvalue weighted by molar-refractivity contribution is 0.0600. The highest BCUT2D eigenvalue weighted by molar-refractivity contribution is 6.31. The molecule has 1 heterocycles. The number of urea groups is 1. The lowest BCUT2D eigenvalue weighted by Crippen LogP contribution is -2.30. The molecule has 8 heteroatoms. The Morgan fingerprint density at radius 1 is 1.00 bits per heavy atom. The molecule has 7 nitrogen and oxygen atoms in total. The van der Waals surface area contributed by atoms with Crippen LogP contribution in [0.1, 0.15) is 15.9 Å². The maximum atomic E-state index is 13.1. The van der Waals surface area contributed by atoms with E-state index in [1.807, 2.05) is 34.9 Å². The van der Waals surface area contributed by atoms with E-state index in [9.17, 15) is 14.4 Å². The van der Waals surface area contributed by atoms with Crippen LogP contribution < -0.4 is 16.1 Å². The lowest BCUT2D eigenvalue weighted by atomic mass is 10.1. The number of carbonyl (C=O) groups is 2. The molecule has 1 aromatic heterocycles. The van der Waals surface area contributed by atoms with E-state index in [1.54, 1.807) is 48.7 Å². The summed E-state index contributed by atoms with van der Waals surface area (Å²) in [4.78, 5) is 37.0. The third-order valence-corrected chi connectivity index (χ3v) is 5.31. The second-order valence-corrected chi connectivity index (χ2v) is 7.66. The molecule has 0 aliphatic heterocycles. The number of fused-ring (bicyclic) bond motifs is 1. The van der Waals surface area contributed by atoms with Gasteiger partial charge in [-0.3, -0.25) is 4.79 Å². The summed E-state index contributed by atoms with van der Waals surface area (Å²) in [5.74, 6) is -0.460. The van der Waals surface area contributed by atoms with Gasteiger partial charge in [0.25, 0.3) is 0 Å². The summed E-state index contributed by atoms with van der Waals surface area (Å²) in [6.45, 7) is 0.0241. The molecule has 2 amide bonds. The molecule has 0 saturated carbocycles. The fourth-order valence-electron chi connectivity index (χ4n) is 3.44. The van der Waals surface area contributed by atoms with Crippen LogP contribution in [0.15, 0.2) is 83.8 Å². The Bertz CT molecular complexity index is 1380. The zero-order valence-electron chi connectivity index (χ0n) is 17.7. The van der Waals surface area contributed by atoms with Gasteiger partial charge in [-0.25, -0.2) is 9.59 Å². The van der Waals surface area contributed by atoms with Crippen LogP contribution in [0.25, 0.3) is 16.6 Å². The van der Waals surface area contributed by atoms with Gasteiger partial charge in [0.2, 0.25) is 0 Å². The Hall–Kier alpha value is -4.10. The molecule has 4 rings (SSSR count). The summed E-state index contributed by atoms with van der Waals surface area (Å²) in [5, 5.41) is 6.41. The van der Waals surface area contributed by atoms with Gasteiger partial charge >= 0.3 is 12.0 Å². The van der Waals surface area contributed by atoms with Gasteiger partial charge in [-0.1, -0.05) is 29.8 Å². The number of methoxy groups -OCH3 is 1. The van der Waals surface area contributed by atoms with Crippen molar-refractivity contribution in [2.45, 2.75) is 6.54 Å². The molecule has 0 aliphatic rings. The van der Waals surface area contributed by atoms with Crippen LogP contribution in [-0.2, 0) is 11.3 Å². The number of nitrogens with one attached hydrogen (secondary N) is 2. The predicted molar refractivity (Wildman–Crippen MR) is 128 cm³/mol. The largest absolute Gasteiger partial charge is 0.465 e. The number of carbonyl (C=O) groups excluding carboxylic acids is 2. The zero-order chi connectivity index (χ0) is 23.4. The standard InChI is InChI=1S/C25H20ClN3O4/c1-33-24(31)16-7-10-19(11-8-16)28-25(32)27-14-17-15-29(20-5-3-2-4-6-20)22-13-18(26)9-12-21(22)23(17)30/h2-13,15H,14H2,1H3,(H2,27,28,32). The predicted octanol–water partition coefficient (Wildman–Crippen LogP) is 4.75. The summed E-state index contributed by atoms with van der Waals surface area (Å²) < 4.78 is 6.54. The van der Waals surface area contributed by atoms with Gasteiger partial charge in [0.05, 0.1) is 18.2 Å². The first-order valence-electron chi connectivity index (χ1n) is 10.1. The highest BCUT2D eigenvalue weighted by Crippen LogP contribution is 2.21. The van der Waals surface area contributed by atoms with E-state index in [1.165, 1.54) is 7.11 Å². The van der Waals surface area contributed by atoms with Crippen molar-refractivity contribution in [1.29, 1.82) is 0 Å². The van der Waals surface area contributed by atoms with Crippen LogP contribution in [0.3, 0.4) is 0 Å². The highest BCUT2D eigenvalue weighted by atomic mass is 35.5. The minimum atomic E-state index is -0.484. The number of hydrogen-bond acceptors (Lipinski definition) is 4. The number of ether oxygens (including phenoxy) is 1. The van der Waals surface area contributed by atoms with Gasteiger partial charge in [0, 0.05) is 40.1 Å². The number of halogens is 1. The van der Waals surface area contributed by atoms with E-state index in [2.05, 4.69) is 15.4 Å². The molecule has 4 aromatic rings. The lowest BCUT2D eigenvalue weighted by Gasteiger charge is -2.15. The number of esters is 1. The van der Waals surface area contributed by atoms with Crippen LogP contribution in [0.2, 0.25) is 5.02 Å². The average molecular weight is 462 g/mol. The highest BCUT2D eigenvalue weighted by Gasteiger charge is 2.12. The average Bonchev–Trinajstić information content (AvgIpc) is 2.84. The number of para-hydroxylation sites is 1. The quantitative estimate of drug-likeness (QED) is 0.419. The van der Waals surface area contributed by atoms with Crippen LogP contribution in [0.5, 0.6) is 0 Å². The molecule has 0 aliphatic carbocycles. The van der Waals surface area contributed by atoms with E-state index >= 15 is 0 Å². The second-order valence-electron chi connectivity index (χ2n) is 7.23. The summed E-state index contributed by atoms with van der Waals surface area (Å²) in [5.41, 5.74) is 2.65. The third kappa shape index (κ3) is 4.88. The Labute approximate surface area is 194 Å². The third-order valence-electron chi connectivity index (χ3n) is 5.08. The first-order valence-corrected chi connectivity index (χ1v) is 10.5. The van der Waals surface area contributed by atoms with Gasteiger partial charge in [-0.05, 0) is 54.6 Å². The van der Waals surface area contributed by atoms with Crippen LogP contribution in [0.4, 0.5) is 10.5 Å². The van der Waals surface area contributed by atoms with Crippen molar-refractivity contribution in [3.8, 4) is 5.69 Å². The number of aromatic nitrogens is 1. The second kappa shape index (κ2) is 9.58. The fourth-order valence-corrected chi connectivity index (χ4v) is 3.61. The molecule has 166 valence electrons. The molecule has 0 saturated heterocycles. The Morgan fingerprint density at radius 3 is 2.42 bits per heavy atom. The molecule has 3 aromatic carbocycles. The van der Waals surface area contributed by atoms with Crippen molar-refractivity contribution < 1.29 is 14.3 Å². The molecule has 0 unspecified atom stereocenters. The number of rotatable bonds is 5. The molecular formula is C25H20ClN3O4. The van der Waals surface area contributed by atoms with Gasteiger partial charge in [0.15, 0.2) is 5.43 Å². The number of pyridine rings is 1. The number of nitrogens with zero attached hydrogens (tertiary/aromatic N) is 1. The maximum Gasteiger partial charge on any atom is 0.337 e. The minimum Gasteiger partial charge on any atom is -0.465 e. The summed E-state index contributed by atoms with van der Waals surface area (Å²) in [6.07, 6.45) is 1.71. The van der Waals surface area contributed by atoms with Crippen molar-refractivity contribution in [3.05, 3.63) is 105 Å². The van der Waals surface area contributed by atoms with E-state index in [0.29, 0.717) is 32.7 Å². The van der Waals surface area contributed by atoms with Crippen molar-refractivity contribution in [2.24, 2.45) is 0 Å². The van der Waals surface area contributed by atoms with Crippen molar-refractivity contribution >= 4 is 40.2 Å².